The summed E-state index contributed by atoms with van der Waals surface area (Å²) in [6, 6.07) is 6.15. The van der Waals surface area contributed by atoms with Crippen LogP contribution in [0.2, 0.25) is 0 Å². The normalized spacial score (nSPS) is 10.8. The summed E-state index contributed by atoms with van der Waals surface area (Å²) in [6.07, 6.45) is 0. The lowest BCUT2D eigenvalue weighted by atomic mass is 9.98. The number of ether oxygens (including phenoxy) is 1. The number of hydrogen-bond donors (Lipinski definition) is 1. The van der Waals surface area contributed by atoms with Crippen LogP contribution in [0.1, 0.15) is 30.9 Å². The van der Waals surface area contributed by atoms with Crippen molar-refractivity contribution in [3.8, 4) is 11.8 Å². The first kappa shape index (κ1) is 15.0. The molecule has 21 heavy (non-hydrogen) atoms. The van der Waals surface area contributed by atoms with Gasteiger partial charge in [0.2, 0.25) is 11.9 Å². The number of rotatable bonds is 4. The van der Waals surface area contributed by atoms with Gasteiger partial charge in [-0.3, -0.25) is 0 Å². The Kier molecular flexibility index (Phi) is 4.26. The summed E-state index contributed by atoms with van der Waals surface area (Å²) in [4.78, 5) is 14.0. The largest absolute Gasteiger partial charge is 0.424 e. The molecular weight excluding hydrogens is 266 g/mol. The van der Waals surface area contributed by atoms with E-state index in [2.05, 4.69) is 41.8 Å². The maximum absolute atomic E-state index is 5.70. The highest BCUT2D eigenvalue weighted by molar-refractivity contribution is 5.39. The molecule has 1 aromatic heterocycles. The number of nitrogens with zero attached hydrogens (tertiary/aromatic N) is 4. The second-order valence-electron chi connectivity index (χ2n) is 5.45. The van der Waals surface area contributed by atoms with E-state index in [0.717, 1.165) is 0 Å². The van der Waals surface area contributed by atoms with Crippen LogP contribution in [0, 0.1) is 6.92 Å². The highest BCUT2D eigenvalue weighted by Gasteiger charge is 2.10. The van der Waals surface area contributed by atoms with Crippen LogP contribution in [0.25, 0.3) is 0 Å². The first-order valence-electron chi connectivity index (χ1n) is 6.84. The van der Waals surface area contributed by atoms with Crippen molar-refractivity contribution in [3.05, 3.63) is 29.3 Å². The third kappa shape index (κ3) is 3.59. The first-order valence-corrected chi connectivity index (χ1v) is 6.84. The molecule has 6 heteroatoms. The molecule has 0 unspecified atom stereocenters. The molecule has 2 N–H and O–H groups in total. The van der Waals surface area contributed by atoms with Gasteiger partial charge in [0.05, 0.1) is 0 Å². The Labute approximate surface area is 125 Å². The highest BCUT2D eigenvalue weighted by Crippen LogP contribution is 2.26. The summed E-state index contributed by atoms with van der Waals surface area (Å²) in [6.45, 7) is 6.40. The van der Waals surface area contributed by atoms with Crippen molar-refractivity contribution in [1.29, 1.82) is 0 Å². The van der Waals surface area contributed by atoms with E-state index in [1.807, 2.05) is 26.2 Å². The van der Waals surface area contributed by atoms with Crippen LogP contribution < -0.4 is 15.4 Å². The van der Waals surface area contributed by atoms with Gasteiger partial charge in [0.25, 0.3) is 0 Å². The van der Waals surface area contributed by atoms with Crippen molar-refractivity contribution in [2.24, 2.45) is 0 Å². The highest BCUT2D eigenvalue weighted by atomic mass is 16.5. The van der Waals surface area contributed by atoms with Gasteiger partial charge in [0, 0.05) is 14.1 Å². The molecule has 0 atom stereocenters. The third-order valence-corrected chi connectivity index (χ3v) is 3.09. The van der Waals surface area contributed by atoms with Gasteiger partial charge in [0.15, 0.2) is 0 Å². The monoisotopic (exact) mass is 287 g/mol. The SMILES string of the molecule is Cc1cc(Oc2nc(N)nc(N(C)C)n2)ccc1C(C)C. The number of anilines is 2. The molecule has 0 fully saturated rings. The predicted molar refractivity (Wildman–Crippen MR) is 83.9 cm³/mol. The van der Waals surface area contributed by atoms with Crippen LogP contribution in [0.5, 0.6) is 11.8 Å². The van der Waals surface area contributed by atoms with Crippen molar-refractivity contribution < 1.29 is 4.74 Å². The zero-order valence-electron chi connectivity index (χ0n) is 13.1. The van der Waals surface area contributed by atoms with Crippen LogP contribution in [-0.4, -0.2) is 29.0 Å². The number of hydrogen-bond acceptors (Lipinski definition) is 6. The molecule has 2 aromatic rings. The van der Waals surface area contributed by atoms with E-state index in [-0.39, 0.29) is 12.0 Å². The van der Waals surface area contributed by atoms with Crippen LogP contribution in [0.15, 0.2) is 18.2 Å². The summed E-state index contributed by atoms with van der Waals surface area (Å²) < 4.78 is 5.70. The van der Waals surface area contributed by atoms with Crippen molar-refractivity contribution in [2.45, 2.75) is 26.7 Å². The lowest BCUT2D eigenvalue weighted by Gasteiger charge is -2.13. The van der Waals surface area contributed by atoms with Gasteiger partial charge in [0.1, 0.15) is 5.75 Å². The van der Waals surface area contributed by atoms with E-state index in [1.54, 1.807) is 4.90 Å². The topological polar surface area (TPSA) is 77.2 Å². The smallest absolute Gasteiger partial charge is 0.328 e. The molecule has 1 aromatic carbocycles. The molecule has 0 saturated carbocycles. The Hall–Kier alpha value is -2.37. The van der Waals surface area contributed by atoms with Crippen LogP contribution in [0.3, 0.4) is 0 Å². The molecule has 0 aliphatic rings. The van der Waals surface area contributed by atoms with Gasteiger partial charge in [-0.1, -0.05) is 19.9 Å². The summed E-state index contributed by atoms with van der Waals surface area (Å²) in [5.74, 6) is 1.77. The van der Waals surface area contributed by atoms with E-state index >= 15 is 0 Å². The molecule has 0 radical (unpaired) electrons. The number of nitrogens with two attached hydrogens (primary N) is 1. The third-order valence-electron chi connectivity index (χ3n) is 3.09. The minimum Gasteiger partial charge on any atom is -0.424 e. The Morgan fingerprint density at radius 2 is 1.86 bits per heavy atom. The fourth-order valence-electron chi connectivity index (χ4n) is 2.07. The zero-order chi connectivity index (χ0) is 15.6. The van der Waals surface area contributed by atoms with E-state index in [1.165, 1.54) is 11.1 Å². The van der Waals surface area contributed by atoms with Crippen molar-refractivity contribution in [1.82, 2.24) is 15.0 Å². The average molecular weight is 287 g/mol. The quantitative estimate of drug-likeness (QED) is 0.931. The maximum Gasteiger partial charge on any atom is 0.328 e. The van der Waals surface area contributed by atoms with Crippen molar-refractivity contribution >= 4 is 11.9 Å². The van der Waals surface area contributed by atoms with Gasteiger partial charge >= 0.3 is 6.01 Å². The van der Waals surface area contributed by atoms with Crippen molar-refractivity contribution in [3.63, 3.8) is 0 Å². The second-order valence-corrected chi connectivity index (χ2v) is 5.45. The van der Waals surface area contributed by atoms with Crippen LogP contribution in [-0.2, 0) is 0 Å². The zero-order valence-corrected chi connectivity index (χ0v) is 13.1. The fourth-order valence-corrected chi connectivity index (χ4v) is 2.07. The average Bonchev–Trinajstić information content (AvgIpc) is 2.37. The number of aryl methyl sites for hydroxylation is 1. The first-order chi connectivity index (χ1) is 9.86. The maximum atomic E-state index is 5.70. The Bertz CT molecular complexity index is 640. The van der Waals surface area contributed by atoms with Crippen LogP contribution >= 0.6 is 0 Å². The molecule has 112 valence electrons. The summed E-state index contributed by atoms with van der Waals surface area (Å²) in [5, 5.41) is 0. The van der Waals surface area contributed by atoms with Gasteiger partial charge in [-0.15, -0.1) is 0 Å². The Morgan fingerprint density at radius 1 is 1.14 bits per heavy atom. The molecule has 0 aliphatic carbocycles. The summed E-state index contributed by atoms with van der Waals surface area (Å²) in [5.41, 5.74) is 8.15. The van der Waals surface area contributed by atoms with Crippen LogP contribution in [0.4, 0.5) is 11.9 Å². The molecule has 0 spiro atoms. The van der Waals surface area contributed by atoms with Gasteiger partial charge in [-0.25, -0.2) is 0 Å². The minimum absolute atomic E-state index is 0.138. The molecule has 0 aliphatic heterocycles. The molecule has 0 amide bonds. The number of benzene rings is 1. The second kappa shape index (κ2) is 5.95. The number of nitrogen functional groups attached to an aromatic ring is 1. The molecule has 2 rings (SSSR count). The number of aromatic nitrogens is 3. The summed E-state index contributed by atoms with van der Waals surface area (Å²) >= 11 is 0. The van der Waals surface area contributed by atoms with E-state index < -0.39 is 0 Å². The molecule has 1 heterocycles. The lowest BCUT2D eigenvalue weighted by molar-refractivity contribution is 0.440. The van der Waals surface area contributed by atoms with E-state index in [9.17, 15) is 0 Å². The Balaban J connectivity index is 2.28. The fraction of sp³-hybridized carbons (Fsp3) is 0.400. The molecule has 6 nitrogen and oxygen atoms in total. The molecular formula is C15H21N5O. The Morgan fingerprint density at radius 3 is 2.43 bits per heavy atom. The van der Waals surface area contributed by atoms with Crippen molar-refractivity contribution in [2.75, 3.05) is 24.7 Å². The minimum atomic E-state index is 0.138. The summed E-state index contributed by atoms with van der Waals surface area (Å²) in [7, 11) is 3.67. The van der Waals surface area contributed by atoms with Gasteiger partial charge in [-0.2, -0.15) is 15.0 Å². The van der Waals surface area contributed by atoms with Gasteiger partial charge in [-0.05, 0) is 36.1 Å². The predicted octanol–water partition coefficient (Wildman–Crippen LogP) is 2.74. The van der Waals surface area contributed by atoms with E-state index in [0.29, 0.717) is 17.6 Å². The lowest BCUT2D eigenvalue weighted by Crippen LogP contribution is -2.15. The standard InChI is InChI=1S/C15H21N5O/c1-9(2)12-7-6-11(8-10(12)3)21-15-18-13(16)17-14(19-15)20(4)5/h6-9H,1-5H3,(H2,16,17,18,19). The molecule has 0 saturated heterocycles. The van der Waals surface area contributed by atoms with Gasteiger partial charge < -0.3 is 15.4 Å². The van der Waals surface area contributed by atoms with E-state index in [4.69, 9.17) is 10.5 Å². The molecule has 0 bridgehead atoms.